The lowest BCUT2D eigenvalue weighted by Gasteiger charge is -2.34. The third kappa shape index (κ3) is 2.26. The number of benzene rings is 1. The van der Waals surface area contributed by atoms with Gasteiger partial charge in [0.05, 0.1) is 6.61 Å². The molecule has 1 aliphatic rings. The first-order valence-electron chi connectivity index (χ1n) is 6.42. The highest BCUT2D eigenvalue weighted by Gasteiger charge is 2.39. The van der Waals surface area contributed by atoms with Crippen molar-refractivity contribution in [2.75, 3.05) is 6.61 Å². The molecule has 0 amide bonds. The summed E-state index contributed by atoms with van der Waals surface area (Å²) in [6.07, 6.45) is 6.67. The van der Waals surface area contributed by atoms with Gasteiger partial charge in [0.2, 0.25) is 0 Å². The van der Waals surface area contributed by atoms with Gasteiger partial charge in [-0.25, -0.2) is 0 Å². The highest BCUT2D eigenvalue weighted by atomic mass is 16.3. The summed E-state index contributed by atoms with van der Waals surface area (Å²) in [6, 6.07) is 9.74. The quantitative estimate of drug-likeness (QED) is 0.782. The summed E-state index contributed by atoms with van der Waals surface area (Å²) in [5, 5.41) is 20.5. The Balaban J connectivity index is 2.38. The average molecular weight is 244 g/mol. The molecule has 0 saturated carbocycles. The maximum Gasteiger partial charge on any atom is 0.119 e. The van der Waals surface area contributed by atoms with Gasteiger partial charge in [-0.2, -0.15) is 0 Å². The summed E-state index contributed by atoms with van der Waals surface area (Å²) < 4.78 is 0. The van der Waals surface area contributed by atoms with Crippen molar-refractivity contribution in [3.8, 4) is 0 Å². The van der Waals surface area contributed by atoms with Crippen molar-refractivity contribution in [3.05, 3.63) is 60.2 Å². The molecule has 0 heterocycles. The zero-order chi connectivity index (χ0) is 13.0. The topological polar surface area (TPSA) is 40.5 Å². The van der Waals surface area contributed by atoms with Crippen LogP contribution in [0.4, 0.5) is 0 Å². The molecule has 0 radical (unpaired) electrons. The van der Waals surface area contributed by atoms with Crippen LogP contribution in [0.25, 0.3) is 0 Å². The van der Waals surface area contributed by atoms with Gasteiger partial charge in [-0.1, -0.05) is 42.5 Å². The molecule has 2 heteroatoms. The highest BCUT2D eigenvalue weighted by molar-refractivity contribution is 5.35. The maximum absolute atomic E-state index is 10.8. The van der Waals surface area contributed by atoms with Crippen LogP contribution in [0.2, 0.25) is 0 Å². The first-order valence-corrected chi connectivity index (χ1v) is 6.42. The molecular formula is C16H20O2. The fraction of sp³-hybridized carbons (Fsp3) is 0.375. The number of aliphatic hydroxyl groups is 2. The SMILES string of the molecule is C=C[C@H](c1ccccc1)[C@@](O)(CO)C1=CCCC1. The predicted octanol–water partition coefficient (Wildman–Crippen LogP) is 2.79. The molecule has 0 saturated heterocycles. The number of rotatable bonds is 5. The molecule has 2 nitrogen and oxygen atoms in total. The van der Waals surface area contributed by atoms with Gasteiger partial charge in [-0.15, -0.1) is 6.58 Å². The molecule has 1 aromatic carbocycles. The standard InChI is InChI=1S/C16H20O2/c1-2-15(13-8-4-3-5-9-13)16(18,12-17)14-10-6-7-11-14/h2-5,8-10,15,17-18H,1,6-7,11-12H2/t15-,16-/m1/s1. The number of hydrogen-bond acceptors (Lipinski definition) is 2. The smallest absolute Gasteiger partial charge is 0.119 e. The van der Waals surface area contributed by atoms with Crippen molar-refractivity contribution < 1.29 is 10.2 Å². The number of allylic oxidation sites excluding steroid dienone is 1. The van der Waals surface area contributed by atoms with E-state index in [0.717, 1.165) is 30.4 Å². The summed E-state index contributed by atoms with van der Waals surface area (Å²) in [5.74, 6) is -0.270. The third-order valence-electron chi connectivity index (χ3n) is 3.75. The maximum atomic E-state index is 10.8. The largest absolute Gasteiger partial charge is 0.393 e. The van der Waals surface area contributed by atoms with Crippen LogP contribution in [0.3, 0.4) is 0 Å². The fourth-order valence-electron chi connectivity index (χ4n) is 2.73. The van der Waals surface area contributed by atoms with Crippen molar-refractivity contribution in [3.63, 3.8) is 0 Å². The van der Waals surface area contributed by atoms with Crippen molar-refractivity contribution in [1.29, 1.82) is 0 Å². The normalized spacial score (nSPS) is 20.0. The van der Waals surface area contributed by atoms with Crippen LogP contribution in [-0.4, -0.2) is 22.4 Å². The molecule has 2 N–H and O–H groups in total. The van der Waals surface area contributed by atoms with E-state index in [2.05, 4.69) is 12.7 Å². The molecule has 18 heavy (non-hydrogen) atoms. The average Bonchev–Trinajstić information content (AvgIpc) is 2.95. The Kier molecular flexibility index (Phi) is 4.00. The lowest BCUT2D eigenvalue weighted by molar-refractivity contribution is 0.00383. The lowest BCUT2D eigenvalue weighted by atomic mass is 9.77. The Morgan fingerprint density at radius 2 is 2.06 bits per heavy atom. The Labute approximate surface area is 108 Å². The first kappa shape index (κ1) is 13.1. The molecule has 0 spiro atoms. The van der Waals surface area contributed by atoms with Crippen LogP contribution in [0.15, 0.2) is 54.6 Å². The summed E-state index contributed by atoms with van der Waals surface area (Å²) in [4.78, 5) is 0. The van der Waals surface area contributed by atoms with E-state index >= 15 is 0 Å². The lowest BCUT2D eigenvalue weighted by Crippen LogP contribution is -2.41. The van der Waals surface area contributed by atoms with E-state index in [1.807, 2.05) is 30.3 Å². The molecule has 0 aliphatic heterocycles. The fourth-order valence-corrected chi connectivity index (χ4v) is 2.73. The molecule has 2 rings (SSSR count). The molecule has 2 atom stereocenters. The molecule has 1 aliphatic carbocycles. The summed E-state index contributed by atoms with van der Waals surface area (Å²) in [5.41, 5.74) is 0.718. The van der Waals surface area contributed by atoms with E-state index in [1.165, 1.54) is 0 Å². The van der Waals surface area contributed by atoms with E-state index in [-0.39, 0.29) is 12.5 Å². The molecule has 96 valence electrons. The van der Waals surface area contributed by atoms with E-state index < -0.39 is 5.60 Å². The second-order valence-electron chi connectivity index (χ2n) is 4.83. The van der Waals surface area contributed by atoms with Crippen LogP contribution in [0, 0.1) is 0 Å². The van der Waals surface area contributed by atoms with Crippen LogP contribution in [0.5, 0.6) is 0 Å². The first-order chi connectivity index (χ1) is 8.72. The minimum atomic E-state index is -1.21. The minimum Gasteiger partial charge on any atom is -0.393 e. The Bertz CT molecular complexity index is 436. The van der Waals surface area contributed by atoms with Crippen molar-refractivity contribution in [2.45, 2.75) is 30.8 Å². The van der Waals surface area contributed by atoms with Crippen molar-refractivity contribution >= 4 is 0 Å². The summed E-state index contributed by atoms with van der Waals surface area (Å²) in [6.45, 7) is 3.55. The minimum absolute atomic E-state index is 0.270. The molecule has 0 aromatic heterocycles. The van der Waals surface area contributed by atoms with E-state index in [0.29, 0.717) is 0 Å². The van der Waals surface area contributed by atoms with Crippen LogP contribution >= 0.6 is 0 Å². The third-order valence-corrected chi connectivity index (χ3v) is 3.75. The van der Waals surface area contributed by atoms with Crippen molar-refractivity contribution in [1.82, 2.24) is 0 Å². The van der Waals surface area contributed by atoms with Crippen LogP contribution in [-0.2, 0) is 0 Å². The van der Waals surface area contributed by atoms with Crippen LogP contribution < -0.4 is 0 Å². The van der Waals surface area contributed by atoms with Crippen LogP contribution in [0.1, 0.15) is 30.7 Å². The Hall–Kier alpha value is -1.38. The molecule has 0 bridgehead atoms. The van der Waals surface area contributed by atoms with Gasteiger partial charge in [0.1, 0.15) is 5.60 Å². The van der Waals surface area contributed by atoms with E-state index in [1.54, 1.807) is 6.08 Å². The van der Waals surface area contributed by atoms with Crippen molar-refractivity contribution in [2.24, 2.45) is 0 Å². The zero-order valence-electron chi connectivity index (χ0n) is 10.5. The number of aliphatic hydroxyl groups excluding tert-OH is 1. The van der Waals surface area contributed by atoms with Gasteiger partial charge >= 0.3 is 0 Å². The van der Waals surface area contributed by atoms with Gasteiger partial charge in [0.15, 0.2) is 0 Å². The second kappa shape index (κ2) is 5.51. The molecule has 1 aromatic rings. The van der Waals surface area contributed by atoms with Gasteiger partial charge in [0.25, 0.3) is 0 Å². The van der Waals surface area contributed by atoms with Gasteiger partial charge in [0, 0.05) is 5.92 Å². The van der Waals surface area contributed by atoms with Gasteiger partial charge in [-0.3, -0.25) is 0 Å². The van der Waals surface area contributed by atoms with E-state index in [9.17, 15) is 10.2 Å². The van der Waals surface area contributed by atoms with Gasteiger partial charge in [-0.05, 0) is 30.4 Å². The Morgan fingerprint density at radius 1 is 1.33 bits per heavy atom. The highest BCUT2D eigenvalue weighted by Crippen LogP contribution is 2.39. The van der Waals surface area contributed by atoms with Gasteiger partial charge < -0.3 is 10.2 Å². The number of hydrogen-bond donors (Lipinski definition) is 2. The zero-order valence-corrected chi connectivity index (χ0v) is 10.5. The monoisotopic (exact) mass is 244 g/mol. The molecular weight excluding hydrogens is 224 g/mol. The summed E-state index contributed by atoms with van der Waals surface area (Å²) >= 11 is 0. The second-order valence-corrected chi connectivity index (χ2v) is 4.83. The molecule has 0 fully saturated rings. The molecule has 0 unspecified atom stereocenters. The van der Waals surface area contributed by atoms with E-state index in [4.69, 9.17) is 0 Å². The summed E-state index contributed by atoms with van der Waals surface area (Å²) in [7, 11) is 0. The predicted molar refractivity (Wildman–Crippen MR) is 73.3 cm³/mol. The Morgan fingerprint density at radius 3 is 2.56 bits per heavy atom.